The van der Waals surface area contributed by atoms with Crippen molar-refractivity contribution in [3.63, 3.8) is 0 Å². The van der Waals surface area contributed by atoms with Crippen molar-refractivity contribution in [2.75, 3.05) is 0 Å². The van der Waals surface area contributed by atoms with Crippen molar-refractivity contribution in [3.05, 3.63) is 39.9 Å². The zero-order chi connectivity index (χ0) is 13.9. The van der Waals surface area contributed by atoms with Gasteiger partial charge in [0.05, 0.1) is 4.92 Å². The van der Waals surface area contributed by atoms with Gasteiger partial charge in [-0.1, -0.05) is 31.9 Å². The Labute approximate surface area is 113 Å². The molecular weight excluding hydrogens is 242 g/mol. The molecule has 19 heavy (non-hydrogen) atoms. The summed E-state index contributed by atoms with van der Waals surface area (Å²) in [6.45, 7) is 2.08. The molecule has 0 bridgehead atoms. The van der Waals surface area contributed by atoms with Crippen LogP contribution in [0.5, 0.6) is 0 Å². The number of Topliss-reactive ketones (excluding diaryl/α,β-unsaturated/α-hetero) is 1. The summed E-state index contributed by atoms with van der Waals surface area (Å²) in [6.07, 6.45) is 5.56. The number of carbonyl (C=O) groups is 1. The average Bonchev–Trinajstić information content (AvgIpc) is 2.89. The van der Waals surface area contributed by atoms with Crippen LogP contribution in [-0.2, 0) is 11.2 Å². The van der Waals surface area contributed by atoms with Gasteiger partial charge >= 0.3 is 0 Å². The molecule has 1 fully saturated rings. The van der Waals surface area contributed by atoms with Crippen LogP contribution >= 0.6 is 0 Å². The normalized spacial score (nSPS) is 17.3. The molecule has 0 unspecified atom stereocenters. The number of rotatable bonds is 5. The number of non-ortho nitro benzene ring substituents is 1. The van der Waals surface area contributed by atoms with Crippen molar-refractivity contribution >= 4 is 11.5 Å². The number of carbonyl (C=O) groups excluding carboxylic acids is 1. The van der Waals surface area contributed by atoms with Gasteiger partial charge in [-0.2, -0.15) is 0 Å². The van der Waals surface area contributed by atoms with Crippen LogP contribution in [0.1, 0.15) is 44.6 Å². The first-order valence-electron chi connectivity index (χ1n) is 6.84. The van der Waals surface area contributed by atoms with Crippen molar-refractivity contribution in [3.8, 4) is 0 Å². The van der Waals surface area contributed by atoms with Crippen molar-refractivity contribution in [2.45, 2.75) is 45.4 Å². The fraction of sp³-hybridized carbons (Fsp3) is 0.533. The van der Waals surface area contributed by atoms with E-state index in [0.717, 1.165) is 37.7 Å². The summed E-state index contributed by atoms with van der Waals surface area (Å²) in [4.78, 5) is 22.6. The molecule has 1 aliphatic rings. The van der Waals surface area contributed by atoms with Crippen molar-refractivity contribution in [1.29, 1.82) is 0 Å². The fourth-order valence-electron chi connectivity index (χ4n) is 2.99. The summed E-state index contributed by atoms with van der Waals surface area (Å²) in [7, 11) is 0. The van der Waals surface area contributed by atoms with E-state index < -0.39 is 4.92 Å². The summed E-state index contributed by atoms with van der Waals surface area (Å²) >= 11 is 0. The second kappa shape index (κ2) is 5.51. The molecule has 4 nitrogen and oxygen atoms in total. The first kappa shape index (κ1) is 13.7. The summed E-state index contributed by atoms with van der Waals surface area (Å²) in [5.74, 6) is 0.293. The van der Waals surface area contributed by atoms with Gasteiger partial charge in [0, 0.05) is 24.0 Å². The van der Waals surface area contributed by atoms with Crippen molar-refractivity contribution in [2.24, 2.45) is 5.41 Å². The van der Waals surface area contributed by atoms with E-state index in [0.29, 0.717) is 12.2 Å². The molecule has 0 amide bonds. The first-order valence-corrected chi connectivity index (χ1v) is 6.84. The Morgan fingerprint density at radius 3 is 2.32 bits per heavy atom. The van der Waals surface area contributed by atoms with E-state index in [2.05, 4.69) is 6.92 Å². The molecule has 1 aliphatic carbocycles. The lowest BCUT2D eigenvalue weighted by Crippen LogP contribution is -2.28. The SMILES string of the molecule is CCC1(C(=O)Cc2ccc([N+](=O)[O-])cc2)CCCC1. The van der Waals surface area contributed by atoms with E-state index in [1.807, 2.05) is 0 Å². The van der Waals surface area contributed by atoms with Crippen LogP contribution in [-0.4, -0.2) is 10.7 Å². The highest BCUT2D eigenvalue weighted by Crippen LogP contribution is 2.42. The highest BCUT2D eigenvalue weighted by atomic mass is 16.6. The van der Waals surface area contributed by atoms with Gasteiger partial charge in [0.1, 0.15) is 5.78 Å². The van der Waals surface area contributed by atoms with E-state index in [1.54, 1.807) is 12.1 Å². The lowest BCUT2D eigenvalue weighted by molar-refractivity contribution is -0.384. The van der Waals surface area contributed by atoms with Gasteiger partial charge in [0.15, 0.2) is 0 Å². The smallest absolute Gasteiger partial charge is 0.269 e. The van der Waals surface area contributed by atoms with Gasteiger partial charge < -0.3 is 0 Å². The molecule has 4 heteroatoms. The average molecular weight is 261 g/mol. The van der Waals surface area contributed by atoms with Crippen LogP contribution < -0.4 is 0 Å². The predicted octanol–water partition coefficient (Wildman–Crippen LogP) is 3.68. The predicted molar refractivity (Wildman–Crippen MR) is 73.0 cm³/mol. The standard InChI is InChI=1S/C15H19NO3/c1-2-15(9-3-4-10-15)14(17)11-12-5-7-13(8-6-12)16(18)19/h5-8H,2-4,9-11H2,1H3. The highest BCUT2D eigenvalue weighted by molar-refractivity contribution is 5.87. The molecule has 0 N–H and O–H groups in total. The van der Waals surface area contributed by atoms with Crippen LogP contribution in [0.25, 0.3) is 0 Å². The molecule has 1 saturated carbocycles. The van der Waals surface area contributed by atoms with Gasteiger partial charge in [0.25, 0.3) is 5.69 Å². The quantitative estimate of drug-likeness (QED) is 0.600. The van der Waals surface area contributed by atoms with Gasteiger partial charge in [-0.15, -0.1) is 0 Å². The third-order valence-electron chi connectivity index (χ3n) is 4.34. The molecule has 1 aromatic carbocycles. The Balaban J connectivity index is 2.08. The molecule has 0 heterocycles. The number of benzene rings is 1. The van der Waals surface area contributed by atoms with Gasteiger partial charge in [-0.3, -0.25) is 14.9 Å². The molecule has 0 aliphatic heterocycles. The molecule has 0 spiro atoms. The maximum Gasteiger partial charge on any atom is 0.269 e. The van der Waals surface area contributed by atoms with Crippen LogP contribution in [0, 0.1) is 15.5 Å². The molecular formula is C15H19NO3. The zero-order valence-electron chi connectivity index (χ0n) is 11.2. The molecule has 1 aromatic rings. The van der Waals surface area contributed by atoms with Gasteiger partial charge in [-0.25, -0.2) is 0 Å². The molecule has 2 rings (SSSR count). The summed E-state index contributed by atoms with van der Waals surface area (Å²) in [5, 5.41) is 10.6. The van der Waals surface area contributed by atoms with Crippen LogP contribution in [0.4, 0.5) is 5.69 Å². The Morgan fingerprint density at radius 1 is 1.26 bits per heavy atom. The lowest BCUT2D eigenvalue weighted by atomic mass is 9.77. The first-order chi connectivity index (χ1) is 9.07. The summed E-state index contributed by atoms with van der Waals surface area (Å²) in [5.41, 5.74) is 0.805. The molecule has 0 radical (unpaired) electrons. The van der Waals surface area contributed by atoms with Gasteiger partial charge in [-0.05, 0) is 24.8 Å². The number of hydrogen-bond donors (Lipinski definition) is 0. The topological polar surface area (TPSA) is 60.2 Å². The number of nitro groups is 1. The van der Waals surface area contributed by atoms with Crippen molar-refractivity contribution in [1.82, 2.24) is 0 Å². The number of hydrogen-bond acceptors (Lipinski definition) is 3. The minimum Gasteiger partial charge on any atom is -0.299 e. The van der Waals surface area contributed by atoms with E-state index in [-0.39, 0.29) is 11.1 Å². The minimum absolute atomic E-state index is 0.0715. The lowest BCUT2D eigenvalue weighted by Gasteiger charge is -2.25. The molecule has 0 atom stereocenters. The Kier molecular flexibility index (Phi) is 3.98. The number of nitrogens with zero attached hydrogens (tertiary/aromatic N) is 1. The Hall–Kier alpha value is -1.71. The second-order valence-corrected chi connectivity index (χ2v) is 5.36. The largest absolute Gasteiger partial charge is 0.299 e. The molecule has 0 aromatic heterocycles. The van der Waals surface area contributed by atoms with Crippen LogP contribution in [0.15, 0.2) is 24.3 Å². The highest BCUT2D eigenvalue weighted by Gasteiger charge is 2.38. The zero-order valence-corrected chi connectivity index (χ0v) is 11.2. The van der Waals surface area contributed by atoms with E-state index in [9.17, 15) is 14.9 Å². The maximum atomic E-state index is 12.5. The van der Waals surface area contributed by atoms with Crippen LogP contribution in [0.2, 0.25) is 0 Å². The summed E-state index contributed by atoms with van der Waals surface area (Å²) < 4.78 is 0. The minimum atomic E-state index is -0.421. The fourth-order valence-corrected chi connectivity index (χ4v) is 2.99. The monoisotopic (exact) mass is 261 g/mol. The second-order valence-electron chi connectivity index (χ2n) is 5.36. The number of ketones is 1. The molecule has 0 saturated heterocycles. The Morgan fingerprint density at radius 2 is 1.84 bits per heavy atom. The third-order valence-corrected chi connectivity index (χ3v) is 4.34. The third kappa shape index (κ3) is 2.83. The number of nitro benzene ring substituents is 1. The van der Waals surface area contributed by atoms with E-state index >= 15 is 0 Å². The van der Waals surface area contributed by atoms with Gasteiger partial charge in [0.2, 0.25) is 0 Å². The summed E-state index contributed by atoms with van der Waals surface area (Å²) in [6, 6.07) is 6.31. The van der Waals surface area contributed by atoms with Crippen molar-refractivity contribution < 1.29 is 9.72 Å². The molecule has 102 valence electrons. The van der Waals surface area contributed by atoms with E-state index in [4.69, 9.17) is 0 Å². The van der Waals surface area contributed by atoms with E-state index in [1.165, 1.54) is 12.1 Å². The maximum absolute atomic E-state index is 12.5. The van der Waals surface area contributed by atoms with Crippen LogP contribution in [0.3, 0.4) is 0 Å². The Bertz CT molecular complexity index is 473.